The van der Waals surface area contributed by atoms with Crippen LogP contribution in [0.15, 0.2) is 48.6 Å². The Balaban J connectivity index is 2.45. The van der Waals surface area contributed by atoms with E-state index in [9.17, 15) is 30.0 Å². The molecule has 1 heterocycles. The first-order valence-electron chi connectivity index (χ1n) is 16.2. The van der Waals surface area contributed by atoms with E-state index in [1.54, 1.807) is 0 Å². The third kappa shape index (κ3) is 18.5. The molecule has 1 fully saturated rings. The molecule has 0 amide bonds. The van der Waals surface area contributed by atoms with Crippen LogP contribution >= 0.6 is 0 Å². The van der Waals surface area contributed by atoms with Gasteiger partial charge in [-0.15, -0.1) is 0 Å². The second-order valence-corrected chi connectivity index (χ2v) is 10.9. The number of hydrogen-bond donors (Lipinski definition) is 4. The molecule has 0 aromatic carbocycles. The molecular weight excluding hydrogens is 568 g/mol. The van der Waals surface area contributed by atoms with Gasteiger partial charge in [-0.1, -0.05) is 81.7 Å². The lowest BCUT2D eigenvalue weighted by atomic mass is 9.99. The SMILES string of the molecule is CC/C=C\C/C=C\C/C=C\C/C=C\CCCCC(=O)OC(COC(=O)CCCCCC)COC1OC(CO)C(O)C(O)C1O. The van der Waals surface area contributed by atoms with Gasteiger partial charge in [-0.05, 0) is 51.4 Å². The molecule has 6 atom stereocenters. The van der Waals surface area contributed by atoms with Crippen molar-refractivity contribution < 1.29 is 49.0 Å². The Bertz CT molecular complexity index is 866. The van der Waals surface area contributed by atoms with Crippen molar-refractivity contribution in [3.05, 3.63) is 48.6 Å². The number of rotatable bonds is 24. The number of esters is 2. The Kier molecular flexibility index (Phi) is 23.4. The highest BCUT2D eigenvalue weighted by molar-refractivity contribution is 5.70. The van der Waals surface area contributed by atoms with Crippen molar-refractivity contribution >= 4 is 11.9 Å². The van der Waals surface area contributed by atoms with Crippen LogP contribution in [0.5, 0.6) is 0 Å². The lowest BCUT2D eigenvalue weighted by Crippen LogP contribution is -2.59. The van der Waals surface area contributed by atoms with Gasteiger partial charge in [-0.25, -0.2) is 0 Å². The van der Waals surface area contributed by atoms with Gasteiger partial charge < -0.3 is 39.4 Å². The molecule has 252 valence electrons. The first-order valence-corrected chi connectivity index (χ1v) is 16.2. The molecule has 0 aliphatic carbocycles. The summed E-state index contributed by atoms with van der Waals surface area (Å²) in [4.78, 5) is 24.7. The van der Waals surface area contributed by atoms with Crippen LogP contribution in [-0.2, 0) is 28.5 Å². The molecule has 0 aromatic heterocycles. The van der Waals surface area contributed by atoms with E-state index >= 15 is 0 Å². The Morgan fingerprint density at radius 2 is 1.34 bits per heavy atom. The fourth-order valence-corrected chi connectivity index (χ4v) is 4.35. The van der Waals surface area contributed by atoms with Gasteiger partial charge in [0, 0.05) is 12.8 Å². The Labute approximate surface area is 263 Å². The zero-order valence-corrected chi connectivity index (χ0v) is 26.6. The monoisotopic (exact) mass is 624 g/mol. The normalized spacial score (nSPS) is 23.3. The molecule has 0 bridgehead atoms. The predicted octanol–water partition coefficient (Wildman–Crippen LogP) is 4.59. The molecule has 1 rings (SSSR count). The number of aliphatic hydroxyl groups excluding tert-OH is 4. The summed E-state index contributed by atoms with van der Waals surface area (Å²) in [6, 6.07) is 0. The van der Waals surface area contributed by atoms with Crippen LogP contribution in [0.2, 0.25) is 0 Å². The van der Waals surface area contributed by atoms with Crippen molar-refractivity contribution in [3.63, 3.8) is 0 Å². The molecule has 10 nitrogen and oxygen atoms in total. The molecule has 6 unspecified atom stereocenters. The zero-order valence-electron chi connectivity index (χ0n) is 26.6. The van der Waals surface area contributed by atoms with Crippen LogP contribution in [0.25, 0.3) is 0 Å². The summed E-state index contributed by atoms with van der Waals surface area (Å²) in [5.74, 6) is -0.885. The van der Waals surface area contributed by atoms with Gasteiger partial charge in [0.05, 0.1) is 13.2 Å². The third-order valence-corrected chi connectivity index (χ3v) is 6.98. The summed E-state index contributed by atoms with van der Waals surface area (Å²) in [6.45, 7) is 3.07. The van der Waals surface area contributed by atoms with Crippen LogP contribution in [0, 0.1) is 0 Å². The molecule has 0 aromatic rings. The minimum atomic E-state index is -1.60. The summed E-state index contributed by atoms with van der Waals surface area (Å²) >= 11 is 0. The van der Waals surface area contributed by atoms with Gasteiger partial charge >= 0.3 is 11.9 Å². The van der Waals surface area contributed by atoms with Gasteiger partial charge in [0.1, 0.15) is 31.0 Å². The van der Waals surface area contributed by atoms with Gasteiger partial charge in [-0.3, -0.25) is 9.59 Å². The molecule has 44 heavy (non-hydrogen) atoms. The predicted molar refractivity (Wildman–Crippen MR) is 168 cm³/mol. The van der Waals surface area contributed by atoms with Crippen molar-refractivity contribution in [2.24, 2.45) is 0 Å². The van der Waals surface area contributed by atoms with Crippen molar-refractivity contribution in [3.8, 4) is 0 Å². The smallest absolute Gasteiger partial charge is 0.306 e. The number of ether oxygens (including phenoxy) is 4. The van der Waals surface area contributed by atoms with Crippen LogP contribution < -0.4 is 0 Å². The van der Waals surface area contributed by atoms with Crippen molar-refractivity contribution in [2.45, 2.75) is 134 Å². The van der Waals surface area contributed by atoms with E-state index in [-0.39, 0.29) is 26.1 Å². The number of aliphatic hydroxyl groups is 4. The fourth-order valence-electron chi connectivity index (χ4n) is 4.35. The molecule has 0 saturated carbocycles. The molecule has 0 radical (unpaired) electrons. The van der Waals surface area contributed by atoms with E-state index < -0.39 is 55.4 Å². The molecule has 1 aliphatic rings. The summed E-state index contributed by atoms with van der Waals surface area (Å²) in [5, 5.41) is 39.6. The minimum Gasteiger partial charge on any atom is -0.462 e. The second kappa shape index (κ2) is 25.9. The van der Waals surface area contributed by atoms with Crippen LogP contribution in [-0.4, -0.2) is 89.0 Å². The number of hydrogen-bond acceptors (Lipinski definition) is 10. The largest absolute Gasteiger partial charge is 0.462 e. The lowest BCUT2D eigenvalue weighted by Gasteiger charge is -2.39. The van der Waals surface area contributed by atoms with Gasteiger partial charge in [0.25, 0.3) is 0 Å². The Hall–Kier alpha value is -2.34. The van der Waals surface area contributed by atoms with E-state index in [1.165, 1.54) is 0 Å². The lowest BCUT2D eigenvalue weighted by molar-refractivity contribution is -0.305. The quantitative estimate of drug-likeness (QED) is 0.0682. The Morgan fingerprint density at radius 3 is 1.98 bits per heavy atom. The maximum absolute atomic E-state index is 12.5. The van der Waals surface area contributed by atoms with E-state index in [0.717, 1.165) is 57.8 Å². The molecule has 0 spiro atoms. The highest BCUT2D eigenvalue weighted by Crippen LogP contribution is 2.22. The fraction of sp³-hybridized carbons (Fsp3) is 0.706. The summed E-state index contributed by atoms with van der Waals surface area (Å²) in [7, 11) is 0. The summed E-state index contributed by atoms with van der Waals surface area (Å²) in [6.07, 6.45) is 19.1. The van der Waals surface area contributed by atoms with Crippen LogP contribution in [0.4, 0.5) is 0 Å². The third-order valence-electron chi connectivity index (χ3n) is 6.98. The average molecular weight is 625 g/mol. The standard InChI is InChI=1S/C34H56O10/c1-3-5-7-9-10-11-12-13-14-15-16-17-18-19-21-23-30(37)43-27(25-41-29(36)22-20-8-6-4-2)26-42-34-33(40)32(39)31(38)28(24-35)44-34/h5,7,10-11,13-14,16-17,27-28,31-35,38-40H,3-4,6,8-9,12,15,18-26H2,1-2H3/b7-5-,11-10-,14-13-,17-16-. The minimum absolute atomic E-state index is 0.176. The van der Waals surface area contributed by atoms with Gasteiger partial charge in [-0.2, -0.15) is 0 Å². The summed E-state index contributed by atoms with van der Waals surface area (Å²) in [5.41, 5.74) is 0. The maximum Gasteiger partial charge on any atom is 0.306 e. The van der Waals surface area contributed by atoms with Gasteiger partial charge in [0.15, 0.2) is 12.4 Å². The van der Waals surface area contributed by atoms with E-state index in [0.29, 0.717) is 12.8 Å². The van der Waals surface area contributed by atoms with Crippen LogP contribution in [0.1, 0.15) is 97.3 Å². The number of carbonyl (C=O) groups is 2. The molecule has 1 saturated heterocycles. The highest BCUT2D eigenvalue weighted by Gasteiger charge is 2.44. The maximum atomic E-state index is 12.5. The highest BCUT2D eigenvalue weighted by atomic mass is 16.7. The summed E-state index contributed by atoms with van der Waals surface area (Å²) < 4.78 is 21.7. The first-order chi connectivity index (χ1) is 21.3. The first kappa shape index (κ1) is 39.7. The van der Waals surface area contributed by atoms with Gasteiger partial charge in [0.2, 0.25) is 0 Å². The van der Waals surface area contributed by atoms with Crippen LogP contribution in [0.3, 0.4) is 0 Å². The van der Waals surface area contributed by atoms with E-state index in [1.807, 2.05) is 0 Å². The molecule has 4 N–H and O–H groups in total. The number of unbranched alkanes of at least 4 members (excludes halogenated alkanes) is 5. The second-order valence-electron chi connectivity index (χ2n) is 10.9. The van der Waals surface area contributed by atoms with E-state index in [2.05, 4.69) is 62.5 Å². The van der Waals surface area contributed by atoms with E-state index in [4.69, 9.17) is 18.9 Å². The topological polar surface area (TPSA) is 152 Å². The molecule has 1 aliphatic heterocycles. The average Bonchev–Trinajstić information content (AvgIpc) is 3.02. The molecular formula is C34H56O10. The number of allylic oxidation sites excluding steroid dienone is 8. The van der Waals surface area contributed by atoms with Crippen molar-refractivity contribution in [1.29, 1.82) is 0 Å². The van der Waals surface area contributed by atoms with Crippen molar-refractivity contribution in [1.82, 2.24) is 0 Å². The number of carbonyl (C=O) groups excluding carboxylic acids is 2. The Morgan fingerprint density at radius 1 is 0.727 bits per heavy atom. The van der Waals surface area contributed by atoms with Crippen molar-refractivity contribution in [2.75, 3.05) is 19.8 Å². The molecule has 10 heteroatoms. The zero-order chi connectivity index (χ0) is 32.4.